The molecule has 0 spiro atoms. The van der Waals surface area contributed by atoms with E-state index in [2.05, 4.69) is 4.90 Å². The molecule has 2 aromatic carbocycles. The Morgan fingerprint density at radius 3 is 2.14 bits per heavy atom. The van der Waals surface area contributed by atoms with Gasteiger partial charge in [-0.3, -0.25) is 19.4 Å². The number of para-hydroxylation sites is 1. The number of hydrogen-bond acceptors (Lipinski definition) is 4. The summed E-state index contributed by atoms with van der Waals surface area (Å²) in [4.78, 5) is 30.9. The number of carbonyl (C=O) groups is 2. The summed E-state index contributed by atoms with van der Waals surface area (Å²) in [5.74, 6) is -0.784. The fourth-order valence-corrected chi connectivity index (χ4v) is 3.84. The van der Waals surface area contributed by atoms with E-state index >= 15 is 0 Å². The summed E-state index contributed by atoms with van der Waals surface area (Å²) in [6.45, 7) is 2.15. The Hall–Kier alpha value is -2.99. The van der Waals surface area contributed by atoms with E-state index in [1.165, 1.54) is 28.3 Å². The van der Waals surface area contributed by atoms with Gasteiger partial charge in [0, 0.05) is 25.8 Å². The maximum absolute atomic E-state index is 13.1. The number of anilines is 2. The molecular weight excluding hydrogens is 370 g/mol. The maximum atomic E-state index is 13.1. The molecule has 0 N–H and O–H groups in total. The van der Waals surface area contributed by atoms with Crippen LogP contribution in [0.5, 0.6) is 0 Å². The van der Waals surface area contributed by atoms with Gasteiger partial charge in [0.15, 0.2) is 5.11 Å². The molecule has 5 nitrogen and oxygen atoms in total. The topological polar surface area (TPSA) is 43.9 Å². The van der Waals surface area contributed by atoms with Gasteiger partial charge in [0.2, 0.25) is 0 Å². The molecule has 0 radical (unpaired) electrons. The zero-order valence-electron chi connectivity index (χ0n) is 15.7. The second kappa shape index (κ2) is 7.56. The van der Waals surface area contributed by atoms with Crippen molar-refractivity contribution in [3.63, 3.8) is 0 Å². The lowest BCUT2D eigenvalue weighted by Crippen LogP contribution is -2.54. The molecule has 2 amide bonds. The zero-order valence-corrected chi connectivity index (χ0v) is 16.5. The number of rotatable bonds is 3. The number of thiocarbonyl (C=S) groups is 1. The average molecular weight is 391 g/mol. The van der Waals surface area contributed by atoms with Crippen molar-refractivity contribution in [3.8, 4) is 0 Å². The van der Waals surface area contributed by atoms with E-state index in [1.807, 2.05) is 42.5 Å². The van der Waals surface area contributed by atoms with Crippen LogP contribution in [-0.4, -0.2) is 42.0 Å². The molecule has 0 aliphatic carbocycles. The minimum absolute atomic E-state index is 0.105. The standard InChI is InChI=1S/C22H21N3O2S/c1-23-20(26)19(21(27)25(22(23)28)18-7-3-2-4-8-18)15-16-9-11-17(12-10-16)24-13-5-6-14-24/h2-4,7-12,15H,5-6,13-14H2,1H3/b19-15-. The van der Waals surface area contributed by atoms with Crippen LogP contribution in [0.15, 0.2) is 60.2 Å². The molecular formula is C22H21N3O2S. The highest BCUT2D eigenvalue weighted by Crippen LogP contribution is 2.26. The summed E-state index contributed by atoms with van der Waals surface area (Å²) in [6.07, 6.45) is 4.08. The molecule has 2 saturated heterocycles. The first-order chi connectivity index (χ1) is 13.6. The van der Waals surface area contributed by atoms with Crippen molar-refractivity contribution in [2.24, 2.45) is 0 Å². The third kappa shape index (κ3) is 3.31. The van der Waals surface area contributed by atoms with Crippen LogP contribution in [0.2, 0.25) is 0 Å². The van der Waals surface area contributed by atoms with Crippen LogP contribution in [0.25, 0.3) is 6.08 Å². The summed E-state index contributed by atoms with van der Waals surface area (Å²) in [5.41, 5.74) is 2.74. The first-order valence-electron chi connectivity index (χ1n) is 9.34. The van der Waals surface area contributed by atoms with Crippen LogP contribution in [0.3, 0.4) is 0 Å². The van der Waals surface area contributed by atoms with Gasteiger partial charge in [-0.25, -0.2) is 0 Å². The number of nitrogens with zero attached hydrogens (tertiary/aromatic N) is 3. The van der Waals surface area contributed by atoms with Gasteiger partial charge >= 0.3 is 0 Å². The monoisotopic (exact) mass is 391 g/mol. The van der Waals surface area contributed by atoms with Crippen LogP contribution < -0.4 is 9.80 Å². The van der Waals surface area contributed by atoms with Gasteiger partial charge in [0.25, 0.3) is 11.8 Å². The van der Waals surface area contributed by atoms with E-state index in [9.17, 15) is 9.59 Å². The molecule has 2 heterocycles. The van der Waals surface area contributed by atoms with Crippen molar-refractivity contribution < 1.29 is 9.59 Å². The molecule has 28 heavy (non-hydrogen) atoms. The highest BCUT2D eigenvalue weighted by atomic mass is 32.1. The first-order valence-corrected chi connectivity index (χ1v) is 9.75. The molecule has 0 aromatic heterocycles. The van der Waals surface area contributed by atoms with Crippen molar-refractivity contribution >= 4 is 46.6 Å². The Morgan fingerprint density at radius 1 is 0.857 bits per heavy atom. The van der Waals surface area contributed by atoms with Gasteiger partial charge in [0.1, 0.15) is 5.57 Å². The second-order valence-electron chi connectivity index (χ2n) is 6.97. The fourth-order valence-electron chi connectivity index (χ4n) is 3.57. The lowest BCUT2D eigenvalue weighted by molar-refractivity contribution is -0.127. The Morgan fingerprint density at radius 2 is 1.50 bits per heavy atom. The van der Waals surface area contributed by atoms with Gasteiger partial charge in [0.05, 0.1) is 5.69 Å². The van der Waals surface area contributed by atoms with Crippen molar-refractivity contribution in [2.75, 3.05) is 29.9 Å². The highest BCUT2D eigenvalue weighted by molar-refractivity contribution is 7.80. The van der Waals surface area contributed by atoms with E-state index in [-0.39, 0.29) is 16.6 Å². The van der Waals surface area contributed by atoms with Gasteiger partial charge in [-0.1, -0.05) is 30.3 Å². The van der Waals surface area contributed by atoms with Gasteiger partial charge < -0.3 is 4.90 Å². The third-order valence-corrected chi connectivity index (χ3v) is 5.59. The van der Waals surface area contributed by atoms with E-state index in [0.717, 1.165) is 18.7 Å². The van der Waals surface area contributed by atoms with Gasteiger partial charge in [-0.15, -0.1) is 0 Å². The smallest absolute Gasteiger partial charge is 0.270 e. The Kier molecular flexibility index (Phi) is 4.96. The molecule has 4 rings (SSSR count). The third-order valence-electron chi connectivity index (χ3n) is 5.14. The highest BCUT2D eigenvalue weighted by Gasteiger charge is 2.38. The minimum atomic E-state index is -0.400. The Bertz CT molecular complexity index is 948. The number of hydrogen-bond donors (Lipinski definition) is 0. The number of amides is 2. The molecule has 2 aliphatic heterocycles. The molecule has 2 aliphatic rings. The lowest BCUT2D eigenvalue weighted by atomic mass is 10.1. The largest absolute Gasteiger partial charge is 0.372 e. The van der Waals surface area contributed by atoms with Gasteiger partial charge in [-0.05, 0) is 61.0 Å². The van der Waals surface area contributed by atoms with E-state index in [1.54, 1.807) is 25.3 Å². The van der Waals surface area contributed by atoms with Crippen LogP contribution in [0.1, 0.15) is 18.4 Å². The molecule has 142 valence electrons. The zero-order chi connectivity index (χ0) is 19.7. The average Bonchev–Trinajstić information content (AvgIpc) is 3.26. The summed E-state index contributed by atoms with van der Waals surface area (Å²) < 4.78 is 0. The molecule has 2 fully saturated rings. The van der Waals surface area contributed by atoms with Crippen molar-refractivity contribution in [3.05, 3.63) is 65.7 Å². The van der Waals surface area contributed by atoms with E-state index in [4.69, 9.17) is 12.2 Å². The molecule has 0 unspecified atom stereocenters. The maximum Gasteiger partial charge on any atom is 0.270 e. The SMILES string of the molecule is CN1C(=O)/C(=C/c2ccc(N3CCCC3)cc2)C(=O)N(c2ccccc2)C1=S. The number of carbonyl (C=O) groups excluding carboxylic acids is 2. The first kappa shape index (κ1) is 18.4. The minimum Gasteiger partial charge on any atom is -0.372 e. The molecule has 2 aromatic rings. The van der Waals surface area contributed by atoms with Crippen molar-refractivity contribution in [1.29, 1.82) is 0 Å². The molecule has 0 atom stereocenters. The summed E-state index contributed by atoms with van der Waals surface area (Å²) in [5, 5.41) is 0.183. The molecule has 6 heteroatoms. The Labute approximate surface area is 169 Å². The fraction of sp³-hybridized carbons (Fsp3) is 0.227. The van der Waals surface area contributed by atoms with Crippen LogP contribution in [0.4, 0.5) is 11.4 Å². The van der Waals surface area contributed by atoms with E-state index < -0.39 is 5.91 Å². The van der Waals surface area contributed by atoms with E-state index in [0.29, 0.717) is 5.69 Å². The Balaban J connectivity index is 1.66. The van der Waals surface area contributed by atoms with Gasteiger partial charge in [-0.2, -0.15) is 0 Å². The second-order valence-corrected chi connectivity index (χ2v) is 7.33. The predicted octanol–water partition coefficient (Wildman–Crippen LogP) is 3.46. The van der Waals surface area contributed by atoms with Crippen LogP contribution >= 0.6 is 12.2 Å². The quantitative estimate of drug-likeness (QED) is 0.457. The molecule has 0 bridgehead atoms. The normalized spacial score (nSPS) is 19.1. The lowest BCUT2D eigenvalue weighted by Gasteiger charge is -2.34. The van der Waals surface area contributed by atoms with Crippen molar-refractivity contribution in [1.82, 2.24) is 4.90 Å². The van der Waals surface area contributed by atoms with Crippen molar-refractivity contribution in [2.45, 2.75) is 12.8 Å². The predicted molar refractivity (Wildman–Crippen MR) is 115 cm³/mol. The summed E-state index contributed by atoms with van der Waals surface area (Å²) in [6, 6.07) is 17.1. The van der Waals surface area contributed by atoms with Crippen LogP contribution in [-0.2, 0) is 9.59 Å². The summed E-state index contributed by atoms with van der Waals surface area (Å²) in [7, 11) is 1.59. The summed E-state index contributed by atoms with van der Waals surface area (Å²) >= 11 is 5.36. The number of benzene rings is 2. The number of likely N-dealkylation sites (N-methyl/N-ethyl adjacent to an activating group) is 1. The van der Waals surface area contributed by atoms with Crippen LogP contribution in [0, 0.1) is 0 Å². The molecule has 0 saturated carbocycles.